The molecule has 1 aliphatic carbocycles. The Hall–Kier alpha value is -3.77. The zero-order chi connectivity index (χ0) is 29.9. The van der Waals surface area contributed by atoms with Crippen LogP contribution in [0.15, 0.2) is 61.2 Å². The first-order chi connectivity index (χ1) is 19.3. The molecule has 41 heavy (non-hydrogen) atoms. The lowest BCUT2D eigenvalue weighted by molar-refractivity contribution is -0.917. The smallest absolute Gasteiger partial charge is 0.416 e. The fourth-order valence-corrected chi connectivity index (χ4v) is 6.66. The molecule has 1 amide bonds. The summed E-state index contributed by atoms with van der Waals surface area (Å²) in [4.78, 5) is 25.4. The van der Waals surface area contributed by atoms with Crippen LogP contribution in [0.25, 0.3) is 0 Å². The molecule has 1 N–H and O–H groups in total. The minimum absolute atomic E-state index is 0.254. The first-order valence-electron chi connectivity index (χ1n) is 13.6. The van der Waals surface area contributed by atoms with Gasteiger partial charge in [-0.15, -0.1) is 0 Å². The number of carbonyl (C=O) groups excluding carboxylic acids is 2. The fraction of sp³-hybridized carbons (Fsp3) is 0.438. The van der Waals surface area contributed by atoms with Gasteiger partial charge < -0.3 is 19.3 Å². The van der Waals surface area contributed by atoms with Crippen molar-refractivity contribution in [3.63, 3.8) is 0 Å². The number of hydrogen-bond acceptors (Lipinski definition) is 4. The van der Waals surface area contributed by atoms with Gasteiger partial charge in [0.05, 0.1) is 32.8 Å². The van der Waals surface area contributed by atoms with Gasteiger partial charge in [0.25, 0.3) is 5.91 Å². The fourth-order valence-electron chi connectivity index (χ4n) is 6.66. The van der Waals surface area contributed by atoms with Crippen molar-refractivity contribution in [2.45, 2.75) is 55.8 Å². The summed E-state index contributed by atoms with van der Waals surface area (Å²) >= 11 is 0. The highest BCUT2D eigenvalue weighted by Crippen LogP contribution is 2.55. The Labute approximate surface area is 239 Å². The van der Waals surface area contributed by atoms with E-state index in [0.29, 0.717) is 48.0 Å². The third kappa shape index (κ3) is 6.43. The predicted molar refractivity (Wildman–Crippen MR) is 149 cm³/mol. The molecule has 2 fully saturated rings. The van der Waals surface area contributed by atoms with Gasteiger partial charge in [-0.2, -0.15) is 13.2 Å². The van der Waals surface area contributed by atoms with Crippen LogP contribution < -0.4 is 10.1 Å². The van der Waals surface area contributed by atoms with E-state index in [0.717, 1.165) is 30.8 Å². The van der Waals surface area contributed by atoms with Gasteiger partial charge in [0.15, 0.2) is 5.60 Å². The number of quaternary nitrogens is 1. The quantitative estimate of drug-likeness (QED) is 0.230. The predicted octanol–water partition coefficient (Wildman–Crippen LogP) is 5.01. The molecule has 0 bridgehead atoms. The van der Waals surface area contributed by atoms with Crippen LogP contribution in [0, 0.1) is 11.8 Å². The number of fused-ring (bicyclic) bond motifs is 1. The second-order valence-corrected chi connectivity index (χ2v) is 11.4. The largest absolute Gasteiger partial charge is 0.497 e. The normalized spacial score (nSPS) is 27.4. The number of piperidine rings is 1. The molecule has 9 heteroatoms. The molecule has 1 unspecified atom stereocenters. The highest BCUT2D eigenvalue weighted by molar-refractivity contribution is 5.94. The Kier molecular flexibility index (Phi) is 8.55. The van der Waals surface area contributed by atoms with E-state index in [1.54, 1.807) is 7.11 Å². The van der Waals surface area contributed by atoms with Crippen molar-refractivity contribution in [2.24, 2.45) is 0 Å². The topological polar surface area (TPSA) is 64.6 Å². The zero-order valence-corrected chi connectivity index (χ0v) is 23.6. The summed E-state index contributed by atoms with van der Waals surface area (Å²) in [5.41, 5.74) is -0.885. The molecule has 2 aromatic carbocycles. The number of halogens is 3. The lowest BCUT2D eigenvalue weighted by atomic mass is 9.54. The Bertz CT molecular complexity index is 1360. The molecule has 1 heterocycles. The summed E-state index contributed by atoms with van der Waals surface area (Å²) in [5, 5.41) is 3.01. The molecule has 0 spiro atoms. The van der Waals surface area contributed by atoms with Crippen molar-refractivity contribution in [2.75, 3.05) is 33.8 Å². The summed E-state index contributed by atoms with van der Waals surface area (Å²) < 4.78 is 51.0. The van der Waals surface area contributed by atoms with Crippen molar-refractivity contribution in [3.05, 3.63) is 77.9 Å². The summed E-state index contributed by atoms with van der Waals surface area (Å²) in [5.74, 6) is 5.00. The van der Waals surface area contributed by atoms with Gasteiger partial charge >= 0.3 is 12.1 Å². The van der Waals surface area contributed by atoms with Gasteiger partial charge in [-0.3, -0.25) is 9.59 Å². The van der Waals surface area contributed by atoms with Gasteiger partial charge in [0, 0.05) is 36.3 Å². The number of carbonyl (C=O) groups is 2. The molecule has 4 rings (SSSR count). The van der Waals surface area contributed by atoms with E-state index in [4.69, 9.17) is 9.47 Å². The van der Waals surface area contributed by atoms with Crippen molar-refractivity contribution in [1.82, 2.24) is 5.32 Å². The number of hydrogen-bond donors (Lipinski definition) is 1. The third-order valence-electron chi connectivity index (χ3n) is 8.48. The average Bonchev–Trinajstić information content (AvgIpc) is 2.91. The van der Waals surface area contributed by atoms with Crippen molar-refractivity contribution in [1.29, 1.82) is 0 Å². The van der Waals surface area contributed by atoms with Crippen molar-refractivity contribution >= 4 is 11.9 Å². The Morgan fingerprint density at radius 2 is 1.93 bits per heavy atom. The summed E-state index contributed by atoms with van der Waals surface area (Å²) in [6, 6.07) is 11.9. The summed E-state index contributed by atoms with van der Waals surface area (Å²) in [6.45, 7) is 7.52. The monoisotopic (exact) mass is 569 g/mol. The Morgan fingerprint density at radius 1 is 1.20 bits per heavy atom. The molecule has 1 saturated carbocycles. The number of likely N-dealkylation sites (tertiary alicyclic amines) is 1. The maximum absolute atomic E-state index is 12.9. The highest BCUT2D eigenvalue weighted by Gasteiger charge is 2.64. The molecule has 2 aliphatic rings. The van der Waals surface area contributed by atoms with E-state index in [9.17, 15) is 22.8 Å². The number of esters is 1. The van der Waals surface area contributed by atoms with Crippen LogP contribution in [-0.4, -0.2) is 61.8 Å². The van der Waals surface area contributed by atoms with E-state index in [1.165, 1.54) is 19.1 Å². The Balaban J connectivity index is 1.64. The van der Waals surface area contributed by atoms with Crippen LogP contribution in [0.3, 0.4) is 0 Å². The molecule has 0 radical (unpaired) electrons. The standard InChI is InChI=1S/C32H35F3N2O4/c1-5-18-37(3)19-17-30(26-7-6-8-28(20-26)40-4)21-27(15-16-31(30,22-37)41-23(2)38)36-29(39)14-11-24-9-12-25(13-10-24)32(33,34)35/h5-10,12-13,20,27H,1,15-19,21-22H2,2-4H3/p+1/t27-,30-,31?,37-/m0/s1. The third-order valence-corrected chi connectivity index (χ3v) is 8.48. The number of nitrogens with zero attached hydrogens (tertiary/aromatic N) is 1. The van der Waals surface area contributed by atoms with Gasteiger partial charge in [0.2, 0.25) is 0 Å². The van der Waals surface area contributed by atoms with E-state index < -0.39 is 28.7 Å². The molecule has 2 aromatic rings. The molecule has 1 saturated heterocycles. The first kappa shape index (κ1) is 30.2. The SMILES string of the molecule is C=CC[N@@+]1(C)CC[C@@]2(c3cccc(OC)c3)C[C@@H](NC(=O)C#Cc3ccc(C(F)(F)F)cc3)CCC2(OC(C)=O)C1. The number of ether oxygens (including phenoxy) is 2. The molecular weight excluding hydrogens is 533 g/mol. The van der Waals surface area contributed by atoms with Crippen LogP contribution >= 0.6 is 0 Å². The second-order valence-electron chi connectivity index (χ2n) is 11.4. The maximum atomic E-state index is 12.9. The van der Waals surface area contributed by atoms with Gasteiger partial charge in [0.1, 0.15) is 12.3 Å². The lowest BCUT2D eigenvalue weighted by Crippen LogP contribution is -2.72. The van der Waals surface area contributed by atoms with Gasteiger partial charge in [-0.1, -0.05) is 24.6 Å². The number of rotatable bonds is 6. The van der Waals surface area contributed by atoms with Gasteiger partial charge in [-0.25, -0.2) is 0 Å². The average molecular weight is 570 g/mol. The highest BCUT2D eigenvalue weighted by atomic mass is 19.4. The second kappa shape index (κ2) is 11.6. The maximum Gasteiger partial charge on any atom is 0.416 e. The number of likely N-dealkylation sites (N-methyl/N-ethyl adjacent to an activating group) is 1. The van der Waals surface area contributed by atoms with E-state index in [-0.39, 0.29) is 12.0 Å². The van der Waals surface area contributed by atoms with Crippen LogP contribution in [0.5, 0.6) is 5.75 Å². The number of nitrogens with one attached hydrogen (secondary N) is 1. The van der Waals surface area contributed by atoms with Crippen molar-refractivity contribution in [3.8, 4) is 17.6 Å². The summed E-state index contributed by atoms with van der Waals surface area (Å²) in [7, 11) is 3.75. The van der Waals surface area contributed by atoms with Crippen LogP contribution in [-0.2, 0) is 25.9 Å². The minimum Gasteiger partial charge on any atom is -0.497 e. The number of methoxy groups -OCH3 is 1. The molecule has 218 valence electrons. The lowest BCUT2D eigenvalue weighted by Gasteiger charge is -2.60. The molecule has 0 aromatic heterocycles. The minimum atomic E-state index is -4.44. The van der Waals surface area contributed by atoms with E-state index in [1.807, 2.05) is 30.3 Å². The van der Waals surface area contributed by atoms with Gasteiger partial charge in [-0.05, 0) is 67.3 Å². The van der Waals surface area contributed by atoms with Crippen LogP contribution in [0.4, 0.5) is 13.2 Å². The number of benzene rings is 2. The number of amides is 1. The first-order valence-corrected chi connectivity index (χ1v) is 13.6. The zero-order valence-electron chi connectivity index (χ0n) is 23.6. The number of alkyl halides is 3. The Morgan fingerprint density at radius 3 is 2.56 bits per heavy atom. The van der Waals surface area contributed by atoms with Crippen LogP contribution in [0.1, 0.15) is 49.3 Å². The molecule has 1 aliphatic heterocycles. The molecule has 4 atom stereocenters. The van der Waals surface area contributed by atoms with E-state index in [2.05, 4.69) is 30.8 Å². The van der Waals surface area contributed by atoms with Crippen molar-refractivity contribution < 1.29 is 36.7 Å². The molecular formula is C32H36F3N2O4+. The van der Waals surface area contributed by atoms with Crippen LogP contribution in [0.2, 0.25) is 0 Å². The van der Waals surface area contributed by atoms with E-state index >= 15 is 0 Å². The summed E-state index contributed by atoms with van der Waals surface area (Å²) in [6.07, 6.45) is -0.212. The molecule has 6 nitrogen and oxygen atoms in total.